The van der Waals surface area contributed by atoms with Crippen LogP contribution in [0.15, 0.2) is 30.3 Å². The SMILES string of the molecule is CC1(C)CCC(COc2ccccc2/C=C/C(=O)O)O1. The molecular formula is C16H20O4. The van der Waals surface area contributed by atoms with Crippen LogP contribution >= 0.6 is 0 Å². The van der Waals surface area contributed by atoms with Gasteiger partial charge in [-0.15, -0.1) is 0 Å². The first-order valence-electron chi connectivity index (χ1n) is 6.77. The molecule has 1 unspecified atom stereocenters. The number of hydrogen-bond acceptors (Lipinski definition) is 3. The van der Waals surface area contributed by atoms with Crippen LogP contribution in [0.4, 0.5) is 0 Å². The van der Waals surface area contributed by atoms with Gasteiger partial charge in [0.1, 0.15) is 12.4 Å². The summed E-state index contributed by atoms with van der Waals surface area (Å²) in [5, 5.41) is 8.68. The second-order valence-corrected chi connectivity index (χ2v) is 5.56. The number of ether oxygens (including phenoxy) is 2. The maximum absolute atomic E-state index is 10.6. The van der Waals surface area contributed by atoms with E-state index in [1.54, 1.807) is 0 Å². The molecule has 0 bridgehead atoms. The molecule has 0 amide bonds. The minimum atomic E-state index is -0.972. The molecule has 0 aromatic heterocycles. The second kappa shape index (κ2) is 6.09. The van der Waals surface area contributed by atoms with Gasteiger partial charge in [0.2, 0.25) is 0 Å². The van der Waals surface area contributed by atoms with Crippen LogP contribution in [0.2, 0.25) is 0 Å². The zero-order chi connectivity index (χ0) is 14.6. The topological polar surface area (TPSA) is 55.8 Å². The Bertz CT molecular complexity index is 505. The van der Waals surface area contributed by atoms with E-state index in [4.69, 9.17) is 14.6 Å². The summed E-state index contributed by atoms with van der Waals surface area (Å²) in [6.07, 6.45) is 4.76. The largest absolute Gasteiger partial charge is 0.490 e. The maximum Gasteiger partial charge on any atom is 0.328 e. The smallest absolute Gasteiger partial charge is 0.328 e. The normalized spacial score (nSPS) is 21.2. The number of rotatable bonds is 5. The molecule has 0 spiro atoms. The Morgan fingerprint density at radius 2 is 2.25 bits per heavy atom. The predicted octanol–water partition coefficient (Wildman–Crippen LogP) is 3.12. The fraction of sp³-hybridized carbons (Fsp3) is 0.438. The summed E-state index contributed by atoms with van der Waals surface area (Å²) in [4.78, 5) is 10.6. The first kappa shape index (κ1) is 14.6. The van der Waals surface area contributed by atoms with E-state index in [1.165, 1.54) is 6.08 Å². The minimum absolute atomic E-state index is 0.0727. The molecule has 20 heavy (non-hydrogen) atoms. The van der Waals surface area contributed by atoms with Gasteiger partial charge in [0.25, 0.3) is 0 Å². The lowest BCUT2D eigenvalue weighted by Crippen LogP contribution is -2.24. The number of benzene rings is 1. The van der Waals surface area contributed by atoms with Crippen molar-refractivity contribution < 1.29 is 19.4 Å². The Hall–Kier alpha value is -1.81. The van der Waals surface area contributed by atoms with Crippen molar-refractivity contribution in [3.8, 4) is 5.75 Å². The molecule has 1 saturated heterocycles. The molecule has 0 radical (unpaired) electrons. The van der Waals surface area contributed by atoms with Gasteiger partial charge in [0, 0.05) is 11.6 Å². The Balaban J connectivity index is 1.98. The van der Waals surface area contributed by atoms with E-state index in [9.17, 15) is 4.79 Å². The molecule has 1 aliphatic heterocycles. The molecule has 1 aromatic rings. The van der Waals surface area contributed by atoms with Gasteiger partial charge < -0.3 is 14.6 Å². The zero-order valence-corrected chi connectivity index (χ0v) is 11.8. The quantitative estimate of drug-likeness (QED) is 0.839. The molecule has 1 fully saturated rings. The second-order valence-electron chi connectivity index (χ2n) is 5.56. The highest BCUT2D eigenvalue weighted by atomic mass is 16.6. The van der Waals surface area contributed by atoms with Crippen molar-refractivity contribution in [1.82, 2.24) is 0 Å². The van der Waals surface area contributed by atoms with Gasteiger partial charge in [-0.05, 0) is 38.8 Å². The molecule has 108 valence electrons. The molecule has 1 N–H and O–H groups in total. The molecule has 1 aliphatic rings. The van der Waals surface area contributed by atoms with Crippen molar-refractivity contribution in [1.29, 1.82) is 0 Å². The average molecular weight is 276 g/mol. The van der Waals surface area contributed by atoms with Gasteiger partial charge in [-0.25, -0.2) is 4.79 Å². The van der Waals surface area contributed by atoms with Gasteiger partial charge in [-0.2, -0.15) is 0 Å². The Kier molecular flexibility index (Phi) is 4.45. The summed E-state index contributed by atoms with van der Waals surface area (Å²) in [5.41, 5.74) is 0.684. The molecule has 4 heteroatoms. The first-order chi connectivity index (χ1) is 9.46. The summed E-state index contributed by atoms with van der Waals surface area (Å²) < 4.78 is 11.6. The van der Waals surface area contributed by atoms with Gasteiger partial charge in [-0.3, -0.25) is 0 Å². The molecule has 0 saturated carbocycles. The average Bonchev–Trinajstić information content (AvgIpc) is 2.74. The highest BCUT2D eigenvalue weighted by molar-refractivity contribution is 5.85. The third-order valence-electron chi connectivity index (χ3n) is 3.30. The Morgan fingerprint density at radius 1 is 1.50 bits per heavy atom. The molecule has 0 aliphatic carbocycles. The molecule has 1 aromatic carbocycles. The summed E-state index contributed by atoms with van der Waals surface area (Å²) >= 11 is 0. The van der Waals surface area contributed by atoms with E-state index in [0.29, 0.717) is 12.4 Å². The molecule has 4 nitrogen and oxygen atoms in total. The number of hydrogen-bond donors (Lipinski definition) is 1. The third-order valence-corrected chi connectivity index (χ3v) is 3.30. The zero-order valence-electron chi connectivity index (χ0n) is 11.8. The van der Waals surface area contributed by atoms with Crippen LogP contribution < -0.4 is 4.74 Å². The van der Waals surface area contributed by atoms with Crippen molar-refractivity contribution in [3.05, 3.63) is 35.9 Å². The fourth-order valence-electron chi connectivity index (χ4n) is 2.29. The van der Waals surface area contributed by atoms with Crippen molar-refractivity contribution in [2.75, 3.05) is 6.61 Å². The van der Waals surface area contributed by atoms with Crippen LogP contribution in [-0.2, 0) is 9.53 Å². The number of carboxylic acids is 1. The summed E-state index contributed by atoms with van der Waals surface area (Å²) in [5.74, 6) is -0.293. The highest BCUT2D eigenvalue weighted by Gasteiger charge is 2.31. The molecule has 1 heterocycles. The van der Waals surface area contributed by atoms with E-state index in [1.807, 2.05) is 24.3 Å². The predicted molar refractivity (Wildman–Crippen MR) is 76.8 cm³/mol. The van der Waals surface area contributed by atoms with E-state index >= 15 is 0 Å². The Labute approximate surface area is 119 Å². The number of carboxylic acid groups (broad SMARTS) is 1. The van der Waals surface area contributed by atoms with Crippen LogP contribution in [0.1, 0.15) is 32.3 Å². The van der Waals surface area contributed by atoms with Crippen molar-refractivity contribution >= 4 is 12.0 Å². The van der Waals surface area contributed by atoms with E-state index in [-0.39, 0.29) is 11.7 Å². The lowest BCUT2D eigenvalue weighted by molar-refractivity contribution is -0.131. The standard InChI is InChI=1S/C16H20O4/c1-16(2)10-9-13(20-16)11-19-14-6-4-3-5-12(14)7-8-15(17)18/h3-8,13H,9-11H2,1-2H3,(H,17,18)/b8-7+. The van der Waals surface area contributed by atoms with Crippen molar-refractivity contribution in [3.63, 3.8) is 0 Å². The summed E-state index contributed by atoms with van der Waals surface area (Å²) in [7, 11) is 0. The lowest BCUT2D eigenvalue weighted by Gasteiger charge is -2.19. The Morgan fingerprint density at radius 3 is 2.90 bits per heavy atom. The third kappa shape index (κ3) is 4.10. The molecular weight excluding hydrogens is 256 g/mol. The first-order valence-corrected chi connectivity index (χ1v) is 6.77. The lowest BCUT2D eigenvalue weighted by atomic mass is 10.1. The van der Waals surface area contributed by atoms with Gasteiger partial charge in [0.15, 0.2) is 0 Å². The van der Waals surface area contributed by atoms with Gasteiger partial charge in [-0.1, -0.05) is 18.2 Å². The van der Waals surface area contributed by atoms with Crippen LogP contribution in [-0.4, -0.2) is 29.4 Å². The summed E-state index contributed by atoms with van der Waals surface area (Å²) in [6.45, 7) is 4.65. The number of para-hydroxylation sites is 1. The monoisotopic (exact) mass is 276 g/mol. The van der Waals surface area contributed by atoms with Crippen LogP contribution in [0.25, 0.3) is 6.08 Å². The van der Waals surface area contributed by atoms with E-state index in [0.717, 1.165) is 24.5 Å². The van der Waals surface area contributed by atoms with Gasteiger partial charge >= 0.3 is 5.97 Å². The molecule has 1 atom stereocenters. The number of carbonyl (C=O) groups is 1. The minimum Gasteiger partial charge on any atom is -0.490 e. The summed E-state index contributed by atoms with van der Waals surface area (Å²) in [6, 6.07) is 7.38. The van der Waals surface area contributed by atoms with Crippen LogP contribution in [0, 0.1) is 0 Å². The van der Waals surface area contributed by atoms with E-state index < -0.39 is 5.97 Å². The fourth-order valence-corrected chi connectivity index (χ4v) is 2.29. The van der Waals surface area contributed by atoms with Crippen LogP contribution in [0.3, 0.4) is 0 Å². The van der Waals surface area contributed by atoms with Gasteiger partial charge in [0.05, 0.1) is 11.7 Å². The van der Waals surface area contributed by atoms with Crippen molar-refractivity contribution in [2.24, 2.45) is 0 Å². The van der Waals surface area contributed by atoms with E-state index in [2.05, 4.69) is 13.8 Å². The van der Waals surface area contributed by atoms with Crippen LogP contribution in [0.5, 0.6) is 5.75 Å². The molecule has 2 rings (SSSR count). The van der Waals surface area contributed by atoms with Crippen molar-refractivity contribution in [2.45, 2.75) is 38.4 Å². The maximum atomic E-state index is 10.6. The number of aliphatic carboxylic acids is 1. The highest BCUT2D eigenvalue weighted by Crippen LogP contribution is 2.30.